The average Bonchev–Trinajstić information content (AvgIpc) is 2.66. The quantitative estimate of drug-likeness (QED) is 0.739. The van der Waals surface area contributed by atoms with Gasteiger partial charge >= 0.3 is 0 Å². The summed E-state index contributed by atoms with van der Waals surface area (Å²) in [5.41, 5.74) is 1.21. The largest absolute Gasteiger partial charge is 0.479 e. The lowest BCUT2D eigenvalue weighted by Crippen LogP contribution is -2.47. The van der Waals surface area contributed by atoms with Crippen LogP contribution in [0.4, 0.5) is 11.4 Å². The maximum absolute atomic E-state index is 12.7. The number of amides is 2. The summed E-state index contributed by atoms with van der Waals surface area (Å²) in [6.07, 6.45) is -0.663. The van der Waals surface area contributed by atoms with E-state index in [1.54, 1.807) is 25.1 Å². The van der Waals surface area contributed by atoms with Crippen LogP contribution < -0.4 is 15.0 Å². The molecule has 0 radical (unpaired) electrons. The molecule has 0 fully saturated rings. The van der Waals surface area contributed by atoms with Crippen molar-refractivity contribution in [3.8, 4) is 5.75 Å². The second-order valence-corrected chi connectivity index (χ2v) is 6.81. The molecule has 0 saturated carbocycles. The molecule has 27 heavy (non-hydrogen) atoms. The van der Waals surface area contributed by atoms with E-state index in [1.165, 1.54) is 4.90 Å². The van der Waals surface area contributed by atoms with Crippen molar-refractivity contribution in [2.45, 2.75) is 13.0 Å². The number of nitrogens with one attached hydrogen (secondary N) is 1. The van der Waals surface area contributed by atoms with Gasteiger partial charge in [0.2, 0.25) is 5.91 Å². The van der Waals surface area contributed by atoms with E-state index >= 15 is 0 Å². The Bertz CT molecular complexity index is 1050. The minimum Gasteiger partial charge on any atom is -0.479 e. The second kappa shape index (κ2) is 6.93. The Hall–Kier alpha value is -3.05. The number of nitrogens with zero attached hydrogens (tertiary/aromatic N) is 1. The van der Waals surface area contributed by atoms with Crippen LogP contribution in [0.3, 0.4) is 0 Å². The highest BCUT2D eigenvalue weighted by Gasteiger charge is 2.33. The Balaban J connectivity index is 1.61. The van der Waals surface area contributed by atoms with Gasteiger partial charge in [0.05, 0.1) is 5.69 Å². The van der Waals surface area contributed by atoms with Crippen LogP contribution in [0.2, 0.25) is 5.02 Å². The molecule has 0 saturated heterocycles. The van der Waals surface area contributed by atoms with Crippen molar-refractivity contribution in [3.63, 3.8) is 0 Å². The van der Waals surface area contributed by atoms with E-state index in [1.807, 2.05) is 42.5 Å². The predicted octanol–water partition coefficient (Wildman–Crippen LogP) is 4.25. The van der Waals surface area contributed by atoms with Crippen LogP contribution in [0.1, 0.15) is 6.92 Å². The lowest BCUT2D eigenvalue weighted by molar-refractivity contribution is -0.127. The van der Waals surface area contributed by atoms with Crippen molar-refractivity contribution < 1.29 is 14.3 Å². The Labute approximate surface area is 161 Å². The van der Waals surface area contributed by atoms with E-state index in [0.717, 1.165) is 10.8 Å². The summed E-state index contributed by atoms with van der Waals surface area (Å²) in [6.45, 7) is 1.54. The van der Waals surface area contributed by atoms with E-state index in [0.29, 0.717) is 22.1 Å². The fraction of sp³-hybridized carbons (Fsp3) is 0.143. The Morgan fingerprint density at radius 1 is 1.15 bits per heavy atom. The molecule has 136 valence electrons. The van der Waals surface area contributed by atoms with Gasteiger partial charge in [-0.25, -0.2) is 0 Å². The predicted molar refractivity (Wildman–Crippen MR) is 106 cm³/mol. The summed E-state index contributed by atoms with van der Waals surface area (Å²) in [6, 6.07) is 18.5. The molecule has 0 aliphatic carbocycles. The van der Waals surface area contributed by atoms with Crippen LogP contribution >= 0.6 is 11.6 Å². The van der Waals surface area contributed by atoms with Crippen molar-refractivity contribution in [2.24, 2.45) is 0 Å². The van der Waals surface area contributed by atoms with E-state index in [-0.39, 0.29) is 18.4 Å². The summed E-state index contributed by atoms with van der Waals surface area (Å²) < 4.78 is 5.61. The highest BCUT2D eigenvalue weighted by Crippen LogP contribution is 2.36. The molecule has 2 amide bonds. The first-order valence-electron chi connectivity index (χ1n) is 8.58. The first kappa shape index (κ1) is 17.4. The molecule has 1 atom stereocenters. The first-order chi connectivity index (χ1) is 13.0. The molecule has 0 aromatic heterocycles. The van der Waals surface area contributed by atoms with Gasteiger partial charge in [0.1, 0.15) is 12.3 Å². The Kier molecular flexibility index (Phi) is 4.46. The minimum absolute atomic E-state index is 0.122. The number of fused-ring (bicyclic) bond motifs is 2. The standard InChI is InChI=1S/C21H17ClN2O3/c1-13-21(26)24(18-11-15(22)9-10-19(18)27-13)12-20(25)23-17-8-4-6-14-5-2-3-7-16(14)17/h2-11,13H,12H2,1H3,(H,23,25). The maximum atomic E-state index is 12.7. The fourth-order valence-electron chi connectivity index (χ4n) is 3.21. The first-order valence-corrected chi connectivity index (χ1v) is 8.96. The second-order valence-electron chi connectivity index (χ2n) is 6.37. The molecule has 0 bridgehead atoms. The van der Waals surface area contributed by atoms with Gasteiger partial charge < -0.3 is 10.1 Å². The van der Waals surface area contributed by atoms with Gasteiger partial charge in [0, 0.05) is 16.1 Å². The van der Waals surface area contributed by atoms with Crippen molar-refractivity contribution in [2.75, 3.05) is 16.8 Å². The summed E-state index contributed by atoms with van der Waals surface area (Å²) in [7, 11) is 0. The molecule has 3 aromatic rings. The number of hydrogen-bond donors (Lipinski definition) is 1. The van der Waals surface area contributed by atoms with Crippen LogP contribution in [-0.2, 0) is 9.59 Å². The summed E-state index contributed by atoms with van der Waals surface area (Å²) in [4.78, 5) is 26.7. The number of rotatable bonds is 3. The van der Waals surface area contributed by atoms with Crippen molar-refractivity contribution >= 4 is 45.6 Å². The lowest BCUT2D eigenvalue weighted by Gasteiger charge is -2.32. The highest BCUT2D eigenvalue weighted by molar-refractivity contribution is 6.31. The Morgan fingerprint density at radius 3 is 2.78 bits per heavy atom. The summed E-state index contributed by atoms with van der Waals surface area (Å²) in [5, 5.41) is 5.35. The van der Waals surface area contributed by atoms with Gasteiger partial charge in [-0.3, -0.25) is 14.5 Å². The van der Waals surface area contributed by atoms with Crippen LogP contribution in [-0.4, -0.2) is 24.5 Å². The molecule has 1 unspecified atom stereocenters. The smallest absolute Gasteiger partial charge is 0.268 e. The van der Waals surface area contributed by atoms with Crippen LogP contribution in [0.5, 0.6) is 5.75 Å². The van der Waals surface area contributed by atoms with E-state index in [2.05, 4.69) is 5.32 Å². The molecule has 3 aromatic carbocycles. The topological polar surface area (TPSA) is 58.6 Å². The number of carbonyl (C=O) groups is 2. The number of ether oxygens (including phenoxy) is 1. The normalized spacial score (nSPS) is 16.0. The zero-order valence-corrected chi connectivity index (χ0v) is 15.4. The number of carbonyl (C=O) groups excluding carboxylic acids is 2. The van der Waals surface area contributed by atoms with Crippen LogP contribution in [0.25, 0.3) is 10.8 Å². The van der Waals surface area contributed by atoms with Gasteiger partial charge in [0.25, 0.3) is 5.91 Å². The number of halogens is 1. The van der Waals surface area contributed by atoms with Crippen molar-refractivity contribution in [3.05, 3.63) is 65.7 Å². The molecule has 4 rings (SSSR count). The van der Waals surface area contributed by atoms with E-state index < -0.39 is 6.10 Å². The molecule has 1 N–H and O–H groups in total. The van der Waals surface area contributed by atoms with Gasteiger partial charge in [-0.2, -0.15) is 0 Å². The summed E-state index contributed by atoms with van der Waals surface area (Å²) >= 11 is 6.06. The average molecular weight is 381 g/mol. The van der Waals surface area contributed by atoms with Crippen molar-refractivity contribution in [1.82, 2.24) is 0 Å². The molecule has 5 nitrogen and oxygen atoms in total. The number of anilines is 2. The molecular formula is C21H17ClN2O3. The molecule has 1 heterocycles. The summed E-state index contributed by atoms with van der Waals surface area (Å²) in [5.74, 6) is -0.0398. The lowest BCUT2D eigenvalue weighted by atomic mass is 10.1. The zero-order valence-electron chi connectivity index (χ0n) is 14.6. The molecule has 1 aliphatic rings. The fourth-order valence-corrected chi connectivity index (χ4v) is 3.38. The van der Waals surface area contributed by atoms with Gasteiger partial charge in [-0.1, -0.05) is 48.0 Å². The zero-order chi connectivity index (χ0) is 19.0. The highest BCUT2D eigenvalue weighted by atomic mass is 35.5. The van der Waals surface area contributed by atoms with Gasteiger partial charge in [-0.05, 0) is 36.6 Å². The van der Waals surface area contributed by atoms with Crippen molar-refractivity contribution in [1.29, 1.82) is 0 Å². The SMILES string of the molecule is CC1Oc2ccc(Cl)cc2N(CC(=O)Nc2cccc3ccccc23)C1=O. The Morgan fingerprint density at radius 2 is 1.93 bits per heavy atom. The number of benzene rings is 3. The van der Waals surface area contributed by atoms with Gasteiger partial charge in [-0.15, -0.1) is 0 Å². The molecule has 0 spiro atoms. The third kappa shape index (κ3) is 3.34. The third-order valence-electron chi connectivity index (χ3n) is 4.49. The molecule has 1 aliphatic heterocycles. The van der Waals surface area contributed by atoms with E-state index in [4.69, 9.17) is 16.3 Å². The maximum Gasteiger partial charge on any atom is 0.268 e. The van der Waals surface area contributed by atoms with Crippen LogP contribution in [0, 0.1) is 0 Å². The third-order valence-corrected chi connectivity index (χ3v) is 4.73. The molecule has 6 heteroatoms. The minimum atomic E-state index is -0.663. The van der Waals surface area contributed by atoms with E-state index in [9.17, 15) is 9.59 Å². The number of hydrogen-bond acceptors (Lipinski definition) is 3. The molecular weight excluding hydrogens is 364 g/mol. The van der Waals surface area contributed by atoms with Crippen LogP contribution in [0.15, 0.2) is 60.7 Å². The monoisotopic (exact) mass is 380 g/mol. The van der Waals surface area contributed by atoms with Gasteiger partial charge in [0.15, 0.2) is 6.10 Å².